The molecule has 1 aromatic carbocycles. The highest BCUT2D eigenvalue weighted by atomic mass is 19.2. The maximum Gasteiger partial charge on any atom is 0.242 e. The summed E-state index contributed by atoms with van der Waals surface area (Å²) in [5, 5.41) is 7.72. The Morgan fingerprint density at radius 1 is 1.15 bits per heavy atom. The van der Waals surface area contributed by atoms with Gasteiger partial charge in [0.25, 0.3) is 0 Å². The van der Waals surface area contributed by atoms with Crippen LogP contribution in [0.25, 0.3) is 0 Å². The van der Waals surface area contributed by atoms with Crippen LogP contribution in [0.2, 0.25) is 0 Å². The summed E-state index contributed by atoms with van der Waals surface area (Å²) in [6.45, 7) is 2.62. The van der Waals surface area contributed by atoms with Crippen molar-refractivity contribution in [3.05, 3.63) is 29.3 Å². The van der Waals surface area contributed by atoms with Crippen LogP contribution in [0.15, 0.2) is 6.07 Å². The largest absolute Gasteiger partial charge is 0.320 e. The van der Waals surface area contributed by atoms with E-state index in [0.29, 0.717) is 6.54 Å². The van der Waals surface area contributed by atoms with E-state index in [1.54, 1.807) is 0 Å². The normalized spacial score (nSPS) is 22.6. The Kier molecular flexibility index (Phi) is 4.24. The third-order valence-electron chi connectivity index (χ3n) is 3.02. The molecule has 4 nitrogen and oxygen atoms in total. The van der Waals surface area contributed by atoms with Crippen LogP contribution in [-0.4, -0.2) is 31.1 Å². The fourth-order valence-electron chi connectivity index (χ4n) is 1.86. The average Bonchev–Trinajstić information content (AvgIpc) is 2.42. The third kappa shape index (κ3) is 2.91. The predicted molar refractivity (Wildman–Crippen MR) is 64.2 cm³/mol. The first kappa shape index (κ1) is 14.7. The van der Waals surface area contributed by atoms with E-state index in [0.717, 1.165) is 0 Å². The molecule has 1 amide bonds. The molecule has 1 aliphatic rings. The lowest BCUT2D eigenvalue weighted by Gasteiger charge is -2.28. The summed E-state index contributed by atoms with van der Waals surface area (Å²) in [5.74, 6) is -7.17. The van der Waals surface area contributed by atoms with Crippen molar-refractivity contribution < 1.29 is 22.4 Å². The first-order chi connectivity index (χ1) is 9.40. The summed E-state index contributed by atoms with van der Waals surface area (Å²) in [4.78, 5) is 11.8. The average molecular weight is 291 g/mol. The van der Waals surface area contributed by atoms with E-state index in [-0.39, 0.29) is 18.7 Å². The molecule has 3 N–H and O–H groups in total. The van der Waals surface area contributed by atoms with Gasteiger partial charge in [-0.3, -0.25) is 4.79 Å². The molecule has 2 rings (SSSR count). The van der Waals surface area contributed by atoms with E-state index in [1.807, 2.05) is 12.2 Å². The summed E-state index contributed by atoms with van der Waals surface area (Å²) < 4.78 is 52.8. The van der Waals surface area contributed by atoms with Crippen molar-refractivity contribution in [3.8, 4) is 0 Å². The lowest BCUT2D eigenvalue weighted by atomic mass is 10.1. The number of benzene rings is 1. The summed E-state index contributed by atoms with van der Waals surface area (Å²) in [5.41, 5.74) is -1.12. The van der Waals surface area contributed by atoms with Gasteiger partial charge in [-0.1, -0.05) is 0 Å². The van der Waals surface area contributed by atoms with E-state index in [9.17, 15) is 22.4 Å². The van der Waals surface area contributed by atoms with Gasteiger partial charge in [-0.2, -0.15) is 0 Å². The molecule has 110 valence electrons. The molecule has 20 heavy (non-hydrogen) atoms. The molecule has 0 bridgehead atoms. The fourth-order valence-corrected chi connectivity index (χ4v) is 1.86. The van der Waals surface area contributed by atoms with Gasteiger partial charge in [-0.25, -0.2) is 17.6 Å². The summed E-state index contributed by atoms with van der Waals surface area (Å²) in [6.07, 6.45) is 0. The lowest BCUT2D eigenvalue weighted by molar-refractivity contribution is -0.118. The van der Waals surface area contributed by atoms with Crippen LogP contribution in [0.5, 0.6) is 0 Å². The second kappa shape index (κ2) is 5.76. The van der Waals surface area contributed by atoms with Gasteiger partial charge in [-0.15, -0.1) is 0 Å². The van der Waals surface area contributed by atoms with Gasteiger partial charge in [-0.05, 0) is 6.92 Å². The molecule has 1 fully saturated rings. The molecule has 0 radical (unpaired) electrons. The van der Waals surface area contributed by atoms with Crippen molar-refractivity contribution in [3.63, 3.8) is 0 Å². The minimum atomic E-state index is -1.63. The molecule has 0 aliphatic carbocycles. The van der Waals surface area contributed by atoms with Crippen LogP contribution in [-0.2, 0) is 4.79 Å². The summed E-state index contributed by atoms with van der Waals surface area (Å²) >= 11 is 0. The van der Waals surface area contributed by atoms with Crippen LogP contribution < -0.4 is 16.0 Å². The quantitative estimate of drug-likeness (QED) is 0.565. The standard InChI is InChI=1S/C12H13F4N3O/c1-5-3-18-8(4-17-5)12(20)19-11-9(15)6(13)2-7(14)10(11)16/h2,5,8,17-18H,3-4H2,1H3,(H,19,20). The molecule has 0 spiro atoms. The van der Waals surface area contributed by atoms with Gasteiger partial charge < -0.3 is 16.0 Å². The molecule has 8 heteroatoms. The molecule has 1 heterocycles. The highest BCUT2D eigenvalue weighted by molar-refractivity contribution is 5.95. The first-order valence-electron chi connectivity index (χ1n) is 6.00. The Labute approximate surface area is 112 Å². The number of anilines is 1. The first-order valence-corrected chi connectivity index (χ1v) is 6.00. The van der Waals surface area contributed by atoms with E-state index in [1.165, 1.54) is 0 Å². The van der Waals surface area contributed by atoms with E-state index >= 15 is 0 Å². The maximum absolute atomic E-state index is 13.4. The molecule has 1 aromatic rings. The number of amides is 1. The maximum atomic E-state index is 13.4. The summed E-state index contributed by atoms with van der Waals surface area (Å²) in [7, 11) is 0. The Hall–Kier alpha value is -1.67. The van der Waals surface area contributed by atoms with E-state index in [4.69, 9.17) is 0 Å². The van der Waals surface area contributed by atoms with Crippen molar-refractivity contribution in [2.45, 2.75) is 19.0 Å². The van der Waals surface area contributed by atoms with Crippen molar-refractivity contribution in [1.82, 2.24) is 10.6 Å². The minimum absolute atomic E-state index is 0.0857. The highest BCUT2D eigenvalue weighted by Gasteiger charge is 2.27. The zero-order valence-corrected chi connectivity index (χ0v) is 10.6. The van der Waals surface area contributed by atoms with Crippen LogP contribution in [0, 0.1) is 23.3 Å². The van der Waals surface area contributed by atoms with Crippen LogP contribution in [0.4, 0.5) is 23.2 Å². The third-order valence-corrected chi connectivity index (χ3v) is 3.02. The number of carbonyl (C=O) groups is 1. The van der Waals surface area contributed by atoms with Gasteiger partial charge in [0, 0.05) is 25.2 Å². The van der Waals surface area contributed by atoms with E-state index < -0.39 is 40.9 Å². The van der Waals surface area contributed by atoms with E-state index in [2.05, 4.69) is 10.6 Å². The minimum Gasteiger partial charge on any atom is -0.320 e. The Balaban J connectivity index is 2.16. The second-order valence-corrected chi connectivity index (χ2v) is 4.60. The zero-order valence-electron chi connectivity index (χ0n) is 10.6. The van der Waals surface area contributed by atoms with Crippen LogP contribution in [0.1, 0.15) is 6.92 Å². The van der Waals surface area contributed by atoms with Gasteiger partial charge in [0.1, 0.15) is 5.69 Å². The Bertz CT molecular complexity index is 504. The lowest BCUT2D eigenvalue weighted by Crippen LogP contribution is -2.57. The molecule has 2 atom stereocenters. The zero-order chi connectivity index (χ0) is 14.9. The molecular weight excluding hydrogens is 278 g/mol. The van der Waals surface area contributed by atoms with Gasteiger partial charge in [0.15, 0.2) is 23.3 Å². The SMILES string of the molecule is CC1CNC(C(=O)Nc2c(F)c(F)cc(F)c2F)CN1. The summed E-state index contributed by atoms with van der Waals surface area (Å²) in [6, 6.07) is -0.502. The van der Waals surface area contributed by atoms with Crippen molar-refractivity contribution >= 4 is 11.6 Å². The van der Waals surface area contributed by atoms with Crippen molar-refractivity contribution in [1.29, 1.82) is 0 Å². The fraction of sp³-hybridized carbons (Fsp3) is 0.417. The molecule has 1 aliphatic heterocycles. The molecule has 0 aromatic heterocycles. The number of carbonyl (C=O) groups excluding carboxylic acids is 1. The molecule has 2 unspecified atom stereocenters. The predicted octanol–water partition coefficient (Wildman–Crippen LogP) is 1.13. The van der Waals surface area contributed by atoms with Crippen molar-refractivity contribution in [2.24, 2.45) is 0 Å². The van der Waals surface area contributed by atoms with Crippen molar-refractivity contribution in [2.75, 3.05) is 18.4 Å². The number of hydrogen-bond acceptors (Lipinski definition) is 3. The smallest absolute Gasteiger partial charge is 0.242 e. The Morgan fingerprint density at radius 2 is 1.75 bits per heavy atom. The number of nitrogens with one attached hydrogen (secondary N) is 3. The second-order valence-electron chi connectivity index (χ2n) is 4.60. The topological polar surface area (TPSA) is 53.2 Å². The van der Waals surface area contributed by atoms with Gasteiger partial charge in [0.05, 0.1) is 6.04 Å². The number of rotatable bonds is 2. The number of halogens is 4. The van der Waals surface area contributed by atoms with Crippen LogP contribution >= 0.6 is 0 Å². The van der Waals surface area contributed by atoms with Gasteiger partial charge in [0.2, 0.25) is 5.91 Å². The molecule has 0 saturated carbocycles. The number of hydrogen-bond donors (Lipinski definition) is 3. The monoisotopic (exact) mass is 291 g/mol. The van der Waals surface area contributed by atoms with Crippen LogP contribution in [0.3, 0.4) is 0 Å². The van der Waals surface area contributed by atoms with Gasteiger partial charge >= 0.3 is 0 Å². The Morgan fingerprint density at radius 3 is 2.25 bits per heavy atom. The molecular formula is C12H13F4N3O. The highest BCUT2D eigenvalue weighted by Crippen LogP contribution is 2.24. The number of piperazine rings is 1. The molecule has 1 saturated heterocycles.